The molecular formula is C10H19N3O. The fraction of sp³-hybridized carbons (Fsp3) is 0.900. The van der Waals surface area contributed by atoms with Gasteiger partial charge in [-0.2, -0.15) is 0 Å². The summed E-state index contributed by atoms with van der Waals surface area (Å²) in [5.74, 6) is 0.905. The van der Waals surface area contributed by atoms with E-state index in [0.29, 0.717) is 0 Å². The van der Waals surface area contributed by atoms with Crippen molar-refractivity contribution in [2.24, 2.45) is 5.92 Å². The molecule has 0 spiro atoms. The second-order valence-corrected chi connectivity index (χ2v) is 4.22. The lowest BCUT2D eigenvalue weighted by Gasteiger charge is -2.25. The van der Waals surface area contributed by atoms with E-state index in [0.717, 1.165) is 38.6 Å². The summed E-state index contributed by atoms with van der Waals surface area (Å²) in [6.07, 6.45) is 4.18. The van der Waals surface area contributed by atoms with Crippen LogP contribution in [0.4, 0.5) is 4.79 Å². The molecule has 0 bridgehead atoms. The molecule has 0 unspecified atom stereocenters. The molecular weight excluding hydrogens is 178 g/mol. The van der Waals surface area contributed by atoms with E-state index in [1.165, 1.54) is 19.3 Å². The smallest absolute Gasteiger partial charge is 0.317 e. The van der Waals surface area contributed by atoms with Gasteiger partial charge < -0.3 is 15.5 Å². The van der Waals surface area contributed by atoms with Gasteiger partial charge in [0, 0.05) is 26.2 Å². The summed E-state index contributed by atoms with van der Waals surface area (Å²) >= 11 is 0. The summed E-state index contributed by atoms with van der Waals surface area (Å²) < 4.78 is 0. The normalized spacial score (nSPS) is 22.3. The Morgan fingerprint density at radius 2 is 2.36 bits per heavy atom. The molecule has 0 radical (unpaired) electrons. The minimum absolute atomic E-state index is 0.0930. The van der Waals surface area contributed by atoms with E-state index in [9.17, 15) is 4.79 Å². The number of urea groups is 1. The van der Waals surface area contributed by atoms with Gasteiger partial charge in [0.05, 0.1) is 0 Å². The molecule has 0 aromatic carbocycles. The Kier molecular flexibility index (Phi) is 3.24. The van der Waals surface area contributed by atoms with Crippen molar-refractivity contribution in [1.29, 1.82) is 0 Å². The molecule has 2 rings (SSSR count). The first-order valence-corrected chi connectivity index (χ1v) is 5.60. The molecule has 80 valence electrons. The predicted octanol–water partition coefficient (Wildman–Crippen LogP) is 0.401. The zero-order chi connectivity index (χ0) is 9.80. The monoisotopic (exact) mass is 197 g/mol. The van der Waals surface area contributed by atoms with Crippen LogP contribution >= 0.6 is 0 Å². The van der Waals surface area contributed by atoms with E-state index < -0.39 is 0 Å². The van der Waals surface area contributed by atoms with Crippen molar-refractivity contribution in [3.05, 3.63) is 0 Å². The standard InChI is InChI=1S/C10H19N3O/c14-10-12-5-7-13(10)6-4-11-8-9-2-1-3-9/h9,11H,1-8H2,(H,12,14). The van der Waals surface area contributed by atoms with Crippen molar-refractivity contribution in [1.82, 2.24) is 15.5 Å². The Bertz CT molecular complexity index is 204. The molecule has 0 aromatic heterocycles. The van der Waals surface area contributed by atoms with Crippen LogP contribution in [0.5, 0.6) is 0 Å². The molecule has 4 heteroatoms. The summed E-state index contributed by atoms with van der Waals surface area (Å²) in [6.45, 7) is 4.59. The molecule has 1 saturated carbocycles. The van der Waals surface area contributed by atoms with Gasteiger partial charge in [0.25, 0.3) is 0 Å². The molecule has 2 N–H and O–H groups in total. The average Bonchev–Trinajstić information content (AvgIpc) is 2.48. The maximum atomic E-state index is 11.2. The highest BCUT2D eigenvalue weighted by Gasteiger charge is 2.19. The summed E-state index contributed by atoms with van der Waals surface area (Å²) in [7, 11) is 0. The van der Waals surface area contributed by atoms with Crippen LogP contribution in [-0.2, 0) is 0 Å². The van der Waals surface area contributed by atoms with Crippen LogP contribution in [0.1, 0.15) is 19.3 Å². The van der Waals surface area contributed by atoms with E-state index in [2.05, 4.69) is 10.6 Å². The van der Waals surface area contributed by atoms with E-state index >= 15 is 0 Å². The first-order chi connectivity index (χ1) is 6.86. The molecule has 1 heterocycles. The molecule has 0 aromatic rings. The highest BCUT2D eigenvalue weighted by Crippen LogP contribution is 2.24. The van der Waals surface area contributed by atoms with Gasteiger partial charge in [-0.25, -0.2) is 4.79 Å². The van der Waals surface area contributed by atoms with Crippen molar-refractivity contribution in [2.45, 2.75) is 19.3 Å². The van der Waals surface area contributed by atoms with Gasteiger partial charge in [0.1, 0.15) is 0 Å². The third-order valence-corrected chi connectivity index (χ3v) is 3.16. The van der Waals surface area contributed by atoms with Crippen LogP contribution in [-0.4, -0.2) is 43.7 Å². The summed E-state index contributed by atoms with van der Waals surface area (Å²) in [4.78, 5) is 13.0. The number of nitrogens with zero attached hydrogens (tertiary/aromatic N) is 1. The fourth-order valence-electron chi connectivity index (χ4n) is 1.94. The maximum absolute atomic E-state index is 11.2. The van der Waals surface area contributed by atoms with Crippen molar-refractivity contribution in [3.8, 4) is 0 Å². The van der Waals surface area contributed by atoms with E-state index in [1.54, 1.807) is 0 Å². The third kappa shape index (κ3) is 2.38. The number of nitrogens with one attached hydrogen (secondary N) is 2. The van der Waals surface area contributed by atoms with Gasteiger partial charge >= 0.3 is 6.03 Å². The minimum atomic E-state index is 0.0930. The van der Waals surface area contributed by atoms with Gasteiger partial charge in [-0.3, -0.25) is 0 Å². The Morgan fingerprint density at radius 1 is 1.50 bits per heavy atom. The number of hydrogen-bond acceptors (Lipinski definition) is 2. The second-order valence-electron chi connectivity index (χ2n) is 4.22. The van der Waals surface area contributed by atoms with Gasteiger partial charge in [0.2, 0.25) is 0 Å². The molecule has 2 fully saturated rings. The van der Waals surface area contributed by atoms with Crippen LogP contribution in [0.2, 0.25) is 0 Å². The van der Waals surface area contributed by atoms with Gasteiger partial charge in [-0.1, -0.05) is 6.42 Å². The summed E-state index contributed by atoms with van der Waals surface area (Å²) in [5.41, 5.74) is 0. The number of rotatable bonds is 5. The van der Waals surface area contributed by atoms with E-state index in [1.807, 2.05) is 4.90 Å². The third-order valence-electron chi connectivity index (χ3n) is 3.16. The number of carbonyl (C=O) groups is 1. The van der Waals surface area contributed by atoms with Crippen molar-refractivity contribution >= 4 is 6.03 Å². The van der Waals surface area contributed by atoms with Crippen LogP contribution < -0.4 is 10.6 Å². The van der Waals surface area contributed by atoms with Gasteiger partial charge in [-0.05, 0) is 25.3 Å². The zero-order valence-corrected chi connectivity index (χ0v) is 8.59. The minimum Gasteiger partial charge on any atom is -0.336 e. The van der Waals surface area contributed by atoms with Crippen LogP contribution in [0.15, 0.2) is 0 Å². The lowest BCUT2D eigenvalue weighted by molar-refractivity contribution is 0.216. The first kappa shape index (κ1) is 9.77. The first-order valence-electron chi connectivity index (χ1n) is 5.60. The number of carbonyl (C=O) groups excluding carboxylic acids is 1. The highest BCUT2D eigenvalue weighted by atomic mass is 16.2. The number of hydrogen-bond donors (Lipinski definition) is 2. The molecule has 2 amide bonds. The quantitative estimate of drug-likeness (QED) is 0.627. The molecule has 0 atom stereocenters. The maximum Gasteiger partial charge on any atom is 0.317 e. The van der Waals surface area contributed by atoms with Crippen molar-refractivity contribution in [2.75, 3.05) is 32.7 Å². The van der Waals surface area contributed by atoms with E-state index in [4.69, 9.17) is 0 Å². The molecule has 1 aliphatic heterocycles. The largest absolute Gasteiger partial charge is 0.336 e. The van der Waals surface area contributed by atoms with Gasteiger partial charge in [0.15, 0.2) is 0 Å². The Balaban J connectivity index is 1.51. The molecule has 14 heavy (non-hydrogen) atoms. The zero-order valence-electron chi connectivity index (χ0n) is 8.59. The van der Waals surface area contributed by atoms with Crippen molar-refractivity contribution in [3.63, 3.8) is 0 Å². The Hall–Kier alpha value is -0.770. The lowest BCUT2D eigenvalue weighted by Crippen LogP contribution is -2.37. The molecule has 1 aliphatic carbocycles. The average molecular weight is 197 g/mol. The Morgan fingerprint density at radius 3 is 2.93 bits per heavy atom. The number of amides is 2. The molecule has 2 aliphatic rings. The van der Waals surface area contributed by atoms with Crippen LogP contribution in [0, 0.1) is 5.92 Å². The highest BCUT2D eigenvalue weighted by molar-refractivity contribution is 5.76. The second kappa shape index (κ2) is 4.64. The summed E-state index contributed by atoms with van der Waals surface area (Å²) in [6, 6.07) is 0.0930. The van der Waals surface area contributed by atoms with Gasteiger partial charge in [-0.15, -0.1) is 0 Å². The lowest BCUT2D eigenvalue weighted by atomic mass is 9.85. The fourth-order valence-corrected chi connectivity index (χ4v) is 1.94. The predicted molar refractivity (Wildman–Crippen MR) is 55.2 cm³/mol. The SMILES string of the molecule is O=C1NCCN1CCNCC1CCC1. The van der Waals surface area contributed by atoms with Crippen molar-refractivity contribution < 1.29 is 4.79 Å². The Labute approximate surface area is 85.0 Å². The van der Waals surface area contributed by atoms with Crippen LogP contribution in [0.3, 0.4) is 0 Å². The topological polar surface area (TPSA) is 44.4 Å². The summed E-state index contributed by atoms with van der Waals surface area (Å²) in [5, 5.41) is 6.21. The van der Waals surface area contributed by atoms with Crippen LogP contribution in [0.25, 0.3) is 0 Å². The molecule has 4 nitrogen and oxygen atoms in total. The molecule has 1 saturated heterocycles. The van der Waals surface area contributed by atoms with E-state index in [-0.39, 0.29) is 6.03 Å².